The predicted molar refractivity (Wildman–Crippen MR) is 219 cm³/mol. The van der Waals surface area contributed by atoms with Crippen LogP contribution in [-0.2, 0) is 17.8 Å². The summed E-state index contributed by atoms with van der Waals surface area (Å²) >= 11 is 3.55. The number of carboxylic acids is 1. The molecule has 1 aliphatic heterocycles. The Morgan fingerprint density at radius 3 is 2.47 bits per heavy atom. The number of rotatable bonds is 11. The van der Waals surface area contributed by atoms with Crippen LogP contribution in [0.15, 0.2) is 83.5 Å². The van der Waals surface area contributed by atoms with E-state index in [1.54, 1.807) is 71.8 Å². The fraction of sp³-hybridized carbons (Fsp3) is 0.318. The van der Waals surface area contributed by atoms with Crippen LogP contribution in [-0.4, -0.2) is 77.8 Å². The first-order chi connectivity index (χ1) is 28.0. The summed E-state index contributed by atoms with van der Waals surface area (Å²) in [6.45, 7) is 1.07. The molecule has 1 saturated heterocycles. The van der Waals surface area contributed by atoms with Gasteiger partial charge in [-0.1, -0.05) is 35.2 Å². The van der Waals surface area contributed by atoms with Gasteiger partial charge in [-0.25, -0.2) is 14.2 Å². The number of benzene rings is 4. The quantitative estimate of drug-likeness (QED) is 0.0877. The van der Waals surface area contributed by atoms with E-state index >= 15 is 4.39 Å². The minimum absolute atomic E-state index is 0.0132. The van der Waals surface area contributed by atoms with E-state index in [4.69, 9.17) is 9.72 Å². The molecule has 4 aromatic carbocycles. The SMILES string of the molecule is O=C(NC(Cc1c[nH]c2ccc(O)cc12)C(=O)O)c1ccc2c(c1)nc(-c1ccc(OCc3cc(C(=O)N4CCC(O)CC4)ccc3Br)cc1F)n2C1CCCCC1. The number of nitrogens with zero attached hydrogens (tertiary/aromatic N) is 3. The number of aromatic nitrogens is 3. The van der Waals surface area contributed by atoms with E-state index in [1.165, 1.54) is 12.1 Å². The smallest absolute Gasteiger partial charge is 0.326 e. The zero-order chi connectivity index (χ0) is 40.5. The van der Waals surface area contributed by atoms with Crippen molar-refractivity contribution in [2.24, 2.45) is 0 Å². The second-order valence-corrected chi connectivity index (χ2v) is 16.0. The molecule has 14 heteroatoms. The fourth-order valence-corrected chi connectivity index (χ4v) is 8.49. The van der Waals surface area contributed by atoms with Gasteiger partial charge in [0.2, 0.25) is 0 Å². The van der Waals surface area contributed by atoms with Crippen LogP contribution in [0.1, 0.15) is 82.8 Å². The van der Waals surface area contributed by atoms with Gasteiger partial charge in [-0.05, 0) is 98.0 Å². The van der Waals surface area contributed by atoms with Gasteiger partial charge in [0.05, 0.1) is 22.7 Å². The number of nitrogens with one attached hydrogen (secondary N) is 2. The molecule has 8 rings (SSSR count). The van der Waals surface area contributed by atoms with Gasteiger partial charge in [0.1, 0.15) is 35.8 Å². The topological polar surface area (TPSA) is 170 Å². The number of imidazole rings is 1. The third kappa shape index (κ3) is 8.16. The number of aliphatic hydroxyl groups is 1. The molecule has 5 N–H and O–H groups in total. The highest BCUT2D eigenvalue weighted by molar-refractivity contribution is 9.10. The number of carbonyl (C=O) groups is 3. The number of aliphatic carboxylic acids is 1. The average molecular weight is 853 g/mol. The number of halogens is 2. The normalized spacial score (nSPS) is 15.8. The summed E-state index contributed by atoms with van der Waals surface area (Å²) in [6, 6.07) is 18.6. The molecule has 12 nitrogen and oxygen atoms in total. The molecule has 1 unspecified atom stereocenters. The summed E-state index contributed by atoms with van der Waals surface area (Å²) in [5.74, 6) is -1.68. The summed E-state index contributed by atoms with van der Waals surface area (Å²) in [6.07, 6.45) is 7.32. The van der Waals surface area contributed by atoms with Gasteiger partial charge < -0.3 is 39.8 Å². The van der Waals surface area contributed by atoms with E-state index in [1.807, 2.05) is 0 Å². The van der Waals surface area contributed by atoms with Crippen LogP contribution in [0.3, 0.4) is 0 Å². The van der Waals surface area contributed by atoms with Gasteiger partial charge in [-0.3, -0.25) is 9.59 Å². The lowest BCUT2D eigenvalue weighted by atomic mass is 9.94. The third-order valence-corrected chi connectivity index (χ3v) is 12.1. The largest absolute Gasteiger partial charge is 0.508 e. The highest BCUT2D eigenvalue weighted by atomic mass is 79.9. The van der Waals surface area contributed by atoms with Crippen LogP contribution in [0.25, 0.3) is 33.3 Å². The van der Waals surface area contributed by atoms with Crippen molar-refractivity contribution in [2.75, 3.05) is 13.1 Å². The fourth-order valence-electron chi connectivity index (χ4n) is 8.13. The molecule has 1 saturated carbocycles. The van der Waals surface area contributed by atoms with Crippen LogP contribution < -0.4 is 10.1 Å². The van der Waals surface area contributed by atoms with Crippen LogP contribution in [0, 0.1) is 5.82 Å². The molecule has 2 aromatic heterocycles. The van der Waals surface area contributed by atoms with Crippen LogP contribution in [0.4, 0.5) is 4.39 Å². The number of carboxylic acid groups (broad SMARTS) is 1. The molecule has 2 aliphatic rings. The van der Waals surface area contributed by atoms with Crippen LogP contribution in [0.2, 0.25) is 0 Å². The Kier molecular flexibility index (Phi) is 11.2. The average Bonchev–Trinajstić information content (AvgIpc) is 3.81. The first-order valence-corrected chi connectivity index (χ1v) is 20.3. The second kappa shape index (κ2) is 16.6. The van der Waals surface area contributed by atoms with Crippen LogP contribution in [0.5, 0.6) is 11.5 Å². The molecule has 0 bridgehead atoms. The molecule has 1 atom stereocenters. The number of hydrogen-bond acceptors (Lipinski definition) is 7. The third-order valence-electron chi connectivity index (χ3n) is 11.3. The van der Waals surface area contributed by atoms with E-state index < -0.39 is 23.7 Å². The number of hydrogen-bond donors (Lipinski definition) is 5. The molecule has 2 amide bonds. The van der Waals surface area contributed by atoms with Gasteiger partial charge in [0.15, 0.2) is 0 Å². The molecule has 2 fully saturated rings. The molecular formula is C44H43BrFN5O7. The van der Waals surface area contributed by atoms with Crippen molar-refractivity contribution in [1.29, 1.82) is 0 Å². The Morgan fingerprint density at radius 1 is 0.931 bits per heavy atom. The van der Waals surface area contributed by atoms with Gasteiger partial charge >= 0.3 is 5.97 Å². The van der Waals surface area contributed by atoms with Crippen molar-refractivity contribution in [3.8, 4) is 22.9 Å². The van der Waals surface area contributed by atoms with Crippen molar-refractivity contribution < 1.29 is 38.8 Å². The monoisotopic (exact) mass is 851 g/mol. The summed E-state index contributed by atoms with van der Waals surface area (Å²) < 4.78 is 25.0. The lowest BCUT2D eigenvalue weighted by Crippen LogP contribution is -2.42. The molecule has 0 radical (unpaired) electrons. The summed E-state index contributed by atoms with van der Waals surface area (Å²) in [7, 11) is 0. The van der Waals surface area contributed by atoms with Gasteiger partial charge in [0.25, 0.3) is 11.8 Å². The standard InChI is InChI=1S/C44H43BrFN5O7/c45-35-11-6-26(43(55)50-16-14-30(52)15-17-50)18-28(35)24-58-32-9-10-33(36(46)22-32)41-48-38-19-25(7-13-40(38)51(41)29-4-2-1-3-5-29)42(54)49-39(44(56)57)20-27-23-47-37-12-8-31(53)21-34(27)37/h6-13,18-19,21-23,29-30,39,47,52-53H,1-5,14-17,20,24H2,(H,49,54)(H,56,57). The molecular weight excluding hydrogens is 809 g/mol. The van der Waals surface area contributed by atoms with E-state index in [0.717, 1.165) is 53.2 Å². The zero-order valence-corrected chi connectivity index (χ0v) is 33.2. The minimum Gasteiger partial charge on any atom is -0.508 e. The number of carbonyl (C=O) groups excluding carboxylic acids is 2. The van der Waals surface area contributed by atoms with Crippen molar-refractivity contribution in [3.63, 3.8) is 0 Å². The predicted octanol–water partition coefficient (Wildman–Crippen LogP) is 7.90. The van der Waals surface area contributed by atoms with Crippen molar-refractivity contribution >= 4 is 55.6 Å². The first-order valence-electron chi connectivity index (χ1n) is 19.6. The summed E-state index contributed by atoms with van der Waals surface area (Å²) in [5.41, 5.74) is 4.31. The Balaban J connectivity index is 1.03. The number of aromatic amines is 1. The molecule has 0 spiro atoms. The molecule has 3 heterocycles. The van der Waals surface area contributed by atoms with Crippen LogP contribution >= 0.6 is 15.9 Å². The Labute approximate surface area is 341 Å². The van der Waals surface area contributed by atoms with E-state index in [2.05, 4.69) is 30.8 Å². The summed E-state index contributed by atoms with van der Waals surface area (Å²) in [4.78, 5) is 48.7. The minimum atomic E-state index is -1.25. The number of phenolic OH excluding ortho intramolecular Hbond substituents is 1. The first kappa shape index (κ1) is 39.1. The number of likely N-dealkylation sites (tertiary alicyclic amines) is 1. The van der Waals surface area contributed by atoms with E-state index in [0.29, 0.717) is 59.5 Å². The van der Waals surface area contributed by atoms with Gasteiger partial charge in [-0.15, -0.1) is 0 Å². The molecule has 1 aliphatic carbocycles. The maximum Gasteiger partial charge on any atom is 0.326 e. The highest BCUT2D eigenvalue weighted by Crippen LogP contribution is 2.38. The summed E-state index contributed by atoms with van der Waals surface area (Å²) in [5, 5.41) is 33.2. The molecule has 300 valence electrons. The Bertz CT molecular complexity index is 2520. The lowest BCUT2D eigenvalue weighted by Gasteiger charge is -2.29. The Hall–Kier alpha value is -5.73. The highest BCUT2D eigenvalue weighted by Gasteiger charge is 2.27. The molecule has 6 aromatic rings. The number of amides is 2. The number of phenols is 1. The Morgan fingerprint density at radius 2 is 1.71 bits per heavy atom. The van der Waals surface area contributed by atoms with E-state index in [-0.39, 0.29) is 48.0 Å². The number of aromatic hydroxyl groups is 1. The van der Waals surface area contributed by atoms with E-state index in [9.17, 15) is 29.7 Å². The maximum absolute atomic E-state index is 16.2. The molecule has 58 heavy (non-hydrogen) atoms. The van der Waals surface area contributed by atoms with Crippen molar-refractivity contribution in [1.82, 2.24) is 24.8 Å². The van der Waals surface area contributed by atoms with Crippen molar-refractivity contribution in [2.45, 2.75) is 76.2 Å². The van der Waals surface area contributed by atoms with Crippen molar-refractivity contribution in [3.05, 3.63) is 112 Å². The number of fused-ring (bicyclic) bond motifs is 2. The number of piperidine rings is 1. The lowest BCUT2D eigenvalue weighted by molar-refractivity contribution is -0.139. The second-order valence-electron chi connectivity index (χ2n) is 15.2. The van der Waals surface area contributed by atoms with Gasteiger partial charge in [-0.2, -0.15) is 0 Å². The number of aliphatic hydroxyl groups excluding tert-OH is 1. The maximum atomic E-state index is 16.2. The number of ether oxygens (including phenoxy) is 1. The zero-order valence-electron chi connectivity index (χ0n) is 31.6. The van der Waals surface area contributed by atoms with Gasteiger partial charge in [0, 0.05) is 69.9 Å². The number of H-pyrrole nitrogens is 1.